The average Bonchev–Trinajstić information content (AvgIpc) is 2.58. The van der Waals surface area contributed by atoms with Gasteiger partial charge in [0.25, 0.3) is 0 Å². The van der Waals surface area contributed by atoms with E-state index in [1.165, 1.54) is 39.0 Å². The van der Waals surface area contributed by atoms with Gasteiger partial charge in [-0.05, 0) is 37.7 Å². The van der Waals surface area contributed by atoms with Gasteiger partial charge in [0.1, 0.15) is 0 Å². The average molecular weight is 362 g/mol. The van der Waals surface area contributed by atoms with Crippen LogP contribution in [0.4, 0.5) is 17.6 Å². The Kier molecular flexibility index (Phi) is 6.98. The van der Waals surface area contributed by atoms with Crippen molar-refractivity contribution in [1.29, 1.82) is 0 Å². The van der Waals surface area contributed by atoms with E-state index in [2.05, 4.69) is 6.92 Å². The molecule has 0 N–H and O–H groups in total. The molecule has 1 fully saturated rings. The molecule has 2 aliphatic rings. The lowest BCUT2D eigenvalue weighted by atomic mass is 9.78. The summed E-state index contributed by atoms with van der Waals surface area (Å²) >= 11 is 0. The SMILES string of the molecule is CCOC1=CC=C(CCCCC2CCC(CC)CC2)C(F)(F)C1(F)F. The van der Waals surface area contributed by atoms with Crippen LogP contribution in [-0.2, 0) is 4.74 Å². The van der Waals surface area contributed by atoms with Gasteiger partial charge in [0.05, 0.1) is 6.61 Å². The van der Waals surface area contributed by atoms with Gasteiger partial charge >= 0.3 is 11.8 Å². The quantitative estimate of drug-likeness (QED) is 0.337. The molecule has 0 saturated heterocycles. The summed E-state index contributed by atoms with van der Waals surface area (Å²) in [5, 5.41) is 0. The molecule has 0 atom stereocenters. The first-order valence-corrected chi connectivity index (χ1v) is 9.63. The number of alkyl halides is 4. The van der Waals surface area contributed by atoms with E-state index in [0.717, 1.165) is 30.9 Å². The topological polar surface area (TPSA) is 9.23 Å². The highest BCUT2D eigenvalue weighted by atomic mass is 19.3. The summed E-state index contributed by atoms with van der Waals surface area (Å²) in [6.07, 6.45) is 10.7. The molecule has 5 heteroatoms. The van der Waals surface area contributed by atoms with Gasteiger partial charge in [-0.25, -0.2) is 0 Å². The smallest absolute Gasteiger partial charge is 0.369 e. The minimum atomic E-state index is -4.26. The van der Waals surface area contributed by atoms with Crippen LogP contribution in [0.25, 0.3) is 0 Å². The van der Waals surface area contributed by atoms with Crippen LogP contribution in [0.2, 0.25) is 0 Å². The number of hydrogen-bond donors (Lipinski definition) is 0. The van der Waals surface area contributed by atoms with Crippen molar-refractivity contribution in [3.8, 4) is 0 Å². The zero-order valence-corrected chi connectivity index (χ0v) is 15.3. The Labute approximate surface area is 148 Å². The van der Waals surface area contributed by atoms with Crippen molar-refractivity contribution in [3.63, 3.8) is 0 Å². The molecule has 0 spiro atoms. The summed E-state index contributed by atoms with van der Waals surface area (Å²) in [7, 11) is 0. The molecular weight excluding hydrogens is 332 g/mol. The molecule has 1 nitrogen and oxygen atoms in total. The summed E-state index contributed by atoms with van der Waals surface area (Å²) in [6.45, 7) is 3.67. The fourth-order valence-electron chi connectivity index (χ4n) is 3.95. The molecule has 0 heterocycles. The Morgan fingerprint density at radius 3 is 2.16 bits per heavy atom. The summed E-state index contributed by atoms with van der Waals surface area (Å²) in [6, 6.07) is 0. The molecule has 0 aromatic carbocycles. The van der Waals surface area contributed by atoms with E-state index in [1.54, 1.807) is 0 Å². The molecule has 144 valence electrons. The predicted octanol–water partition coefficient (Wildman–Crippen LogP) is 6.89. The summed E-state index contributed by atoms with van der Waals surface area (Å²) in [5.41, 5.74) is -0.476. The maximum absolute atomic E-state index is 14.1. The van der Waals surface area contributed by atoms with Crippen LogP contribution < -0.4 is 0 Å². The molecule has 2 aliphatic carbocycles. The van der Waals surface area contributed by atoms with Crippen LogP contribution in [0.15, 0.2) is 23.5 Å². The highest BCUT2D eigenvalue weighted by molar-refractivity contribution is 5.35. The zero-order chi connectivity index (χ0) is 18.5. The van der Waals surface area contributed by atoms with Crippen molar-refractivity contribution >= 4 is 0 Å². The molecule has 0 aromatic rings. The van der Waals surface area contributed by atoms with Gasteiger partial charge in [-0.2, -0.15) is 17.6 Å². The van der Waals surface area contributed by atoms with Crippen LogP contribution >= 0.6 is 0 Å². The van der Waals surface area contributed by atoms with E-state index in [0.29, 0.717) is 12.3 Å². The third-order valence-electron chi connectivity index (χ3n) is 5.69. The number of halogens is 4. The van der Waals surface area contributed by atoms with Gasteiger partial charge in [-0.15, -0.1) is 0 Å². The van der Waals surface area contributed by atoms with Crippen molar-refractivity contribution in [3.05, 3.63) is 23.5 Å². The number of unbranched alkanes of at least 4 members (excludes halogenated alkanes) is 1. The Morgan fingerprint density at radius 1 is 0.920 bits per heavy atom. The second-order valence-corrected chi connectivity index (χ2v) is 7.35. The molecule has 0 radical (unpaired) electrons. The summed E-state index contributed by atoms with van der Waals surface area (Å²) < 4.78 is 60.9. The van der Waals surface area contributed by atoms with E-state index in [-0.39, 0.29) is 13.0 Å². The van der Waals surface area contributed by atoms with Gasteiger partial charge in [-0.3, -0.25) is 0 Å². The highest BCUT2D eigenvalue weighted by Gasteiger charge is 2.63. The molecule has 0 unspecified atom stereocenters. The van der Waals surface area contributed by atoms with Gasteiger partial charge in [0.2, 0.25) is 0 Å². The minimum absolute atomic E-state index is 0.0167. The molecule has 1 saturated carbocycles. The van der Waals surface area contributed by atoms with Crippen LogP contribution in [0.1, 0.15) is 71.6 Å². The fraction of sp³-hybridized carbons (Fsp3) is 0.800. The van der Waals surface area contributed by atoms with Crippen molar-refractivity contribution in [2.24, 2.45) is 11.8 Å². The van der Waals surface area contributed by atoms with E-state index in [4.69, 9.17) is 4.74 Å². The first-order chi connectivity index (χ1) is 11.8. The molecular formula is C20H30F4O. The highest BCUT2D eigenvalue weighted by Crippen LogP contribution is 2.49. The Morgan fingerprint density at radius 2 is 1.56 bits per heavy atom. The van der Waals surface area contributed by atoms with E-state index in [9.17, 15) is 17.6 Å². The second-order valence-electron chi connectivity index (χ2n) is 7.35. The van der Waals surface area contributed by atoms with E-state index in [1.807, 2.05) is 0 Å². The number of ether oxygens (including phenoxy) is 1. The van der Waals surface area contributed by atoms with E-state index >= 15 is 0 Å². The molecule has 0 bridgehead atoms. The van der Waals surface area contributed by atoms with Crippen LogP contribution in [0.5, 0.6) is 0 Å². The first kappa shape index (κ1) is 20.3. The maximum atomic E-state index is 14.1. The lowest BCUT2D eigenvalue weighted by Crippen LogP contribution is -2.46. The number of hydrogen-bond acceptors (Lipinski definition) is 1. The monoisotopic (exact) mass is 362 g/mol. The number of allylic oxidation sites excluding steroid dienone is 4. The zero-order valence-electron chi connectivity index (χ0n) is 15.3. The standard InChI is InChI=1S/C20H30F4O/c1-3-15-9-11-16(12-10-15)7-5-6-8-17-13-14-18(25-4-2)20(23,24)19(17,21)22/h13-16H,3-12H2,1-2H3. The Balaban J connectivity index is 1.82. The molecule has 25 heavy (non-hydrogen) atoms. The van der Waals surface area contributed by atoms with Gasteiger partial charge < -0.3 is 4.74 Å². The molecule has 0 amide bonds. The van der Waals surface area contributed by atoms with Gasteiger partial charge in [-0.1, -0.05) is 57.9 Å². The van der Waals surface area contributed by atoms with Gasteiger partial charge in [0.15, 0.2) is 5.76 Å². The Hall–Kier alpha value is -1.00. The lowest BCUT2D eigenvalue weighted by molar-refractivity contribution is -0.186. The minimum Gasteiger partial charge on any atom is -0.492 e. The summed E-state index contributed by atoms with van der Waals surface area (Å²) in [5.74, 6) is -7.83. The van der Waals surface area contributed by atoms with Crippen molar-refractivity contribution < 1.29 is 22.3 Å². The van der Waals surface area contributed by atoms with Crippen molar-refractivity contribution in [2.75, 3.05) is 6.61 Å². The Bertz CT molecular complexity index is 488. The first-order valence-electron chi connectivity index (χ1n) is 9.63. The van der Waals surface area contributed by atoms with Crippen LogP contribution in [-0.4, -0.2) is 18.5 Å². The van der Waals surface area contributed by atoms with Crippen molar-refractivity contribution in [2.45, 2.75) is 83.5 Å². The summed E-state index contributed by atoms with van der Waals surface area (Å²) in [4.78, 5) is 0. The largest absolute Gasteiger partial charge is 0.492 e. The maximum Gasteiger partial charge on any atom is 0.369 e. The third kappa shape index (κ3) is 4.59. The normalized spacial score (nSPS) is 28.2. The van der Waals surface area contributed by atoms with Crippen molar-refractivity contribution in [1.82, 2.24) is 0 Å². The molecule has 0 aliphatic heterocycles. The van der Waals surface area contributed by atoms with Crippen LogP contribution in [0, 0.1) is 11.8 Å². The van der Waals surface area contributed by atoms with Crippen LogP contribution in [0.3, 0.4) is 0 Å². The van der Waals surface area contributed by atoms with E-state index < -0.39 is 23.2 Å². The predicted molar refractivity (Wildman–Crippen MR) is 91.9 cm³/mol. The molecule has 0 aromatic heterocycles. The number of rotatable bonds is 8. The third-order valence-corrected chi connectivity index (χ3v) is 5.69. The van der Waals surface area contributed by atoms with Gasteiger partial charge in [0, 0.05) is 5.57 Å². The fourth-order valence-corrected chi connectivity index (χ4v) is 3.95. The second kappa shape index (κ2) is 8.59. The lowest BCUT2D eigenvalue weighted by Gasteiger charge is -2.32. The molecule has 2 rings (SSSR count).